The SMILES string of the molecule is O=[N+]([O-])c1ccc(O)c(P(=O)=O)c1[N+](=O)[O-]. The zero-order valence-electron chi connectivity index (χ0n) is 7.39. The van der Waals surface area contributed by atoms with Crippen LogP contribution in [0.5, 0.6) is 5.75 Å². The maximum atomic E-state index is 10.7. The topological polar surface area (TPSA) is 141 Å². The van der Waals surface area contributed by atoms with E-state index in [2.05, 4.69) is 0 Å². The van der Waals surface area contributed by atoms with Gasteiger partial charge in [-0.25, -0.2) is 9.13 Å². The third-order valence-corrected chi connectivity index (χ3v) is 2.48. The molecule has 0 aliphatic rings. The molecule has 0 aromatic heterocycles. The van der Waals surface area contributed by atoms with Crippen molar-refractivity contribution in [2.24, 2.45) is 0 Å². The Balaban J connectivity index is 3.77. The lowest BCUT2D eigenvalue weighted by Crippen LogP contribution is -2.07. The van der Waals surface area contributed by atoms with Crippen LogP contribution in [0.3, 0.4) is 0 Å². The molecular weight excluding hydrogens is 243 g/mol. The quantitative estimate of drug-likeness (QED) is 0.476. The second-order valence-corrected chi connectivity index (χ2v) is 3.53. The molecule has 0 aliphatic carbocycles. The Bertz CT molecular complexity index is 542. The van der Waals surface area contributed by atoms with Gasteiger partial charge in [0.05, 0.1) is 9.85 Å². The number of benzene rings is 1. The number of hydrogen-bond donors (Lipinski definition) is 1. The number of nitrogens with zero attached hydrogens (tertiary/aromatic N) is 2. The number of rotatable bonds is 3. The smallest absolute Gasteiger partial charge is 0.367 e. The van der Waals surface area contributed by atoms with Crippen LogP contribution in [0.2, 0.25) is 0 Å². The molecule has 0 spiro atoms. The molecule has 0 radical (unpaired) electrons. The zero-order chi connectivity index (χ0) is 12.5. The van der Waals surface area contributed by atoms with Gasteiger partial charge < -0.3 is 5.11 Å². The van der Waals surface area contributed by atoms with E-state index in [1.165, 1.54) is 0 Å². The van der Waals surface area contributed by atoms with E-state index in [1.807, 2.05) is 0 Å². The van der Waals surface area contributed by atoms with Gasteiger partial charge in [-0.3, -0.25) is 20.2 Å². The first-order valence-electron chi connectivity index (χ1n) is 3.65. The highest BCUT2D eigenvalue weighted by Crippen LogP contribution is 2.32. The fourth-order valence-corrected chi connectivity index (χ4v) is 1.70. The summed E-state index contributed by atoms with van der Waals surface area (Å²) >= 11 is 0. The Labute approximate surface area is 87.4 Å². The molecule has 10 heteroatoms. The molecule has 0 bridgehead atoms. The summed E-state index contributed by atoms with van der Waals surface area (Å²) in [6.45, 7) is 0. The van der Waals surface area contributed by atoms with Crippen LogP contribution in [0, 0.1) is 20.2 Å². The Kier molecular flexibility index (Phi) is 3.00. The second kappa shape index (κ2) is 4.07. The van der Waals surface area contributed by atoms with Crippen molar-refractivity contribution < 1.29 is 24.1 Å². The number of phenols is 1. The molecule has 0 saturated heterocycles. The van der Waals surface area contributed by atoms with Crippen molar-refractivity contribution in [3.8, 4) is 5.75 Å². The molecule has 0 heterocycles. The molecule has 84 valence electrons. The van der Waals surface area contributed by atoms with Crippen molar-refractivity contribution in [2.75, 3.05) is 0 Å². The van der Waals surface area contributed by atoms with E-state index in [1.54, 1.807) is 0 Å². The van der Waals surface area contributed by atoms with E-state index in [4.69, 9.17) is 5.11 Å². The molecule has 0 amide bonds. The number of nitro groups is 2. The molecular formula is C6H3N2O7P. The third kappa shape index (κ3) is 1.89. The van der Waals surface area contributed by atoms with Crippen LogP contribution in [-0.2, 0) is 9.13 Å². The highest BCUT2D eigenvalue weighted by atomic mass is 31.1. The summed E-state index contributed by atoms with van der Waals surface area (Å²) in [5.74, 6) is -0.895. The van der Waals surface area contributed by atoms with Gasteiger partial charge in [0.2, 0.25) is 5.30 Å². The lowest BCUT2D eigenvalue weighted by Gasteiger charge is -1.98. The van der Waals surface area contributed by atoms with Gasteiger partial charge in [-0.2, -0.15) is 0 Å². The summed E-state index contributed by atoms with van der Waals surface area (Å²) in [4.78, 5) is 18.6. The third-order valence-electron chi connectivity index (χ3n) is 1.67. The van der Waals surface area contributed by atoms with Crippen LogP contribution in [0.15, 0.2) is 12.1 Å². The van der Waals surface area contributed by atoms with Gasteiger partial charge in [0.15, 0.2) is 0 Å². The van der Waals surface area contributed by atoms with Crippen molar-refractivity contribution in [1.29, 1.82) is 0 Å². The molecule has 16 heavy (non-hydrogen) atoms. The fourth-order valence-electron chi connectivity index (χ4n) is 1.07. The van der Waals surface area contributed by atoms with Crippen molar-refractivity contribution in [3.05, 3.63) is 32.4 Å². The van der Waals surface area contributed by atoms with Crippen LogP contribution >= 0.6 is 7.68 Å². The number of phenolic OH excluding ortho intramolecular Hbond substituents is 1. The Morgan fingerprint density at radius 3 is 2.06 bits per heavy atom. The first kappa shape index (κ1) is 11.8. The minimum absolute atomic E-state index is 0.663. The Morgan fingerprint density at radius 2 is 1.69 bits per heavy atom. The average Bonchev–Trinajstić information content (AvgIpc) is 2.15. The van der Waals surface area contributed by atoms with Gasteiger partial charge in [-0.1, -0.05) is 0 Å². The molecule has 1 N–H and O–H groups in total. The molecule has 0 unspecified atom stereocenters. The molecule has 0 fully saturated rings. The van der Waals surface area contributed by atoms with Crippen LogP contribution < -0.4 is 5.30 Å². The zero-order valence-corrected chi connectivity index (χ0v) is 8.29. The number of nitro benzene ring substituents is 2. The molecule has 1 aromatic carbocycles. The maximum Gasteiger partial charge on any atom is 0.367 e. The van der Waals surface area contributed by atoms with Crippen LogP contribution in [0.25, 0.3) is 0 Å². The van der Waals surface area contributed by atoms with Gasteiger partial charge >= 0.3 is 19.1 Å². The lowest BCUT2D eigenvalue weighted by molar-refractivity contribution is -0.421. The number of hydrogen-bond acceptors (Lipinski definition) is 7. The van der Waals surface area contributed by atoms with Gasteiger partial charge in [-0.15, -0.1) is 0 Å². The predicted molar refractivity (Wildman–Crippen MR) is 49.3 cm³/mol. The van der Waals surface area contributed by atoms with Gasteiger partial charge in [0, 0.05) is 6.07 Å². The first-order valence-corrected chi connectivity index (χ1v) is 4.83. The van der Waals surface area contributed by atoms with E-state index >= 15 is 0 Å². The molecule has 1 rings (SSSR count). The van der Waals surface area contributed by atoms with Crippen molar-refractivity contribution in [2.45, 2.75) is 0 Å². The molecule has 0 atom stereocenters. The normalized spacial score (nSPS) is 9.75. The highest BCUT2D eigenvalue weighted by molar-refractivity contribution is 7.41. The maximum absolute atomic E-state index is 10.7. The summed E-state index contributed by atoms with van der Waals surface area (Å²) in [5, 5.41) is 29.0. The molecule has 9 nitrogen and oxygen atoms in total. The minimum Gasteiger partial charge on any atom is -0.506 e. The summed E-state index contributed by atoms with van der Waals surface area (Å²) in [5.41, 5.74) is -2.22. The van der Waals surface area contributed by atoms with E-state index < -0.39 is 40.0 Å². The monoisotopic (exact) mass is 246 g/mol. The molecule has 0 saturated carbocycles. The Morgan fingerprint density at radius 1 is 1.12 bits per heavy atom. The van der Waals surface area contributed by atoms with Gasteiger partial charge in [0.25, 0.3) is 0 Å². The van der Waals surface area contributed by atoms with Gasteiger partial charge in [0.1, 0.15) is 5.75 Å². The van der Waals surface area contributed by atoms with Crippen LogP contribution in [0.1, 0.15) is 0 Å². The second-order valence-electron chi connectivity index (χ2n) is 2.57. The highest BCUT2D eigenvalue weighted by Gasteiger charge is 2.33. The lowest BCUT2D eigenvalue weighted by atomic mass is 10.2. The van der Waals surface area contributed by atoms with Crippen molar-refractivity contribution in [3.63, 3.8) is 0 Å². The average molecular weight is 246 g/mol. The van der Waals surface area contributed by atoms with Crippen molar-refractivity contribution >= 4 is 24.4 Å². The summed E-state index contributed by atoms with van der Waals surface area (Å²) in [6, 6.07) is 1.38. The minimum atomic E-state index is -3.51. The van der Waals surface area contributed by atoms with Gasteiger partial charge in [-0.05, 0) is 6.07 Å². The fraction of sp³-hybridized carbons (Fsp3) is 0. The summed E-state index contributed by atoms with van der Waals surface area (Å²) in [7, 11) is -3.51. The van der Waals surface area contributed by atoms with Crippen molar-refractivity contribution in [1.82, 2.24) is 0 Å². The molecule has 1 aromatic rings. The first-order chi connectivity index (χ1) is 7.36. The predicted octanol–water partition coefficient (Wildman–Crippen LogP) is 1.01. The van der Waals surface area contributed by atoms with E-state index in [-0.39, 0.29) is 0 Å². The number of aromatic hydroxyl groups is 1. The summed E-state index contributed by atoms with van der Waals surface area (Å²) in [6.07, 6.45) is 0. The van der Waals surface area contributed by atoms with E-state index in [0.29, 0.717) is 12.1 Å². The van der Waals surface area contributed by atoms with E-state index in [9.17, 15) is 29.4 Å². The Hall–Kier alpha value is -2.28. The summed E-state index contributed by atoms with van der Waals surface area (Å²) < 4.78 is 21.3. The molecule has 0 aliphatic heterocycles. The largest absolute Gasteiger partial charge is 0.506 e. The standard InChI is InChI=1S/C6H3N2O7P/c9-4-2-1-3(7(10)11)5(8(12)13)6(4)16(14)15/h1-2,9H. The van der Waals surface area contributed by atoms with Crippen LogP contribution in [0.4, 0.5) is 11.4 Å². The van der Waals surface area contributed by atoms with E-state index in [0.717, 1.165) is 0 Å². The van der Waals surface area contributed by atoms with Crippen LogP contribution in [-0.4, -0.2) is 15.0 Å².